The van der Waals surface area contributed by atoms with E-state index < -0.39 is 0 Å². The second kappa shape index (κ2) is 4.57. The van der Waals surface area contributed by atoms with E-state index in [1.165, 1.54) is 36.1 Å². The summed E-state index contributed by atoms with van der Waals surface area (Å²) in [6, 6.07) is 9.26. The van der Waals surface area contributed by atoms with E-state index in [1.807, 2.05) is 11.3 Å². The molecule has 1 unspecified atom stereocenters. The van der Waals surface area contributed by atoms with Crippen LogP contribution in [0.1, 0.15) is 34.9 Å². The molecule has 0 spiro atoms. The van der Waals surface area contributed by atoms with Crippen LogP contribution in [0.3, 0.4) is 0 Å². The Balaban J connectivity index is 1.59. The van der Waals surface area contributed by atoms with Crippen LogP contribution in [0.2, 0.25) is 0 Å². The molecule has 1 aliphatic heterocycles. The number of nitrogens with one attached hydrogen (secondary N) is 1. The zero-order valence-electron chi connectivity index (χ0n) is 10.8. The Labute approximate surface area is 117 Å². The van der Waals surface area contributed by atoms with Gasteiger partial charge in [0.05, 0.1) is 12.6 Å². The first-order valence-electron chi connectivity index (χ1n) is 6.99. The highest BCUT2D eigenvalue weighted by atomic mass is 32.1. The zero-order chi connectivity index (χ0) is 12.7. The monoisotopic (exact) mass is 271 g/mol. The molecule has 0 amide bonds. The summed E-state index contributed by atoms with van der Waals surface area (Å²) in [5.74, 6) is 1.06. The van der Waals surface area contributed by atoms with Gasteiger partial charge in [-0.2, -0.15) is 0 Å². The van der Waals surface area contributed by atoms with Crippen LogP contribution in [0.4, 0.5) is 5.69 Å². The second-order valence-electron chi connectivity index (χ2n) is 5.31. The average Bonchev–Trinajstić information content (AvgIpc) is 3.06. The quantitative estimate of drug-likeness (QED) is 0.885. The number of ether oxygens (including phenoxy) is 1. The van der Waals surface area contributed by atoms with Crippen molar-refractivity contribution in [3.05, 3.63) is 45.6 Å². The zero-order valence-corrected chi connectivity index (χ0v) is 11.6. The Hall–Kier alpha value is -1.48. The number of anilines is 1. The van der Waals surface area contributed by atoms with Gasteiger partial charge in [0.15, 0.2) is 0 Å². The van der Waals surface area contributed by atoms with Crippen molar-refractivity contribution in [2.75, 3.05) is 11.9 Å². The van der Waals surface area contributed by atoms with E-state index >= 15 is 0 Å². The van der Waals surface area contributed by atoms with Gasteiger partial charge in [-0.15, -0.1) is 11.3 Å². The van der Waals surface area contributed by atoms with E-state index in [1.54, 1.807) is 4.88 Å². The fourth-order valence-corrected chi connectivity index (χ4v) is 4.10. The van der Waals surface area contributed by atoms with E-state index in [4.69, 9.17) is 4.74 Å². The number of thiophene rings is 1. The standard InChI is InChI=1S/C16H17NOS/c1-2-14(13-7-9-19-16(13)3-1)17-12-4-5-15-11(10-12)6-8-18-15/h4-5,7,9-10,14,17H,1-3,6,8H2. The van der Waals surface area contributed by atoms with Gasteiger partial charge in [0, 0.05) is 17.0 Å². The third-order valence-electron chi connectivity index (χ3n) is 4.08. The fraction of sp³-hybridized carbons (Fsp3) is 0.375. The molecule has 0 radical (unpaired) electrons. The lowest BCUT2D eigenvalue weighted by Gasteiger charge is -2.25. The van der Waals surface area contributed by atoms with Crippen molar-refractivity contribution in [1.82, 2.24) is 0 Å². The number of hydrogen-bond acceptors (Lipinski definition) is 3. The van der Waals surface area contributed by atoms with Crippen molar-refractivity contribution in [3.8, 4) is 5.75 Å². The van der Waals surface area contributed by atoms with Crippen molar-refractivity contribution in [2.24, 2.45) is 0 Å². The minimum atomic E-state index is 0.482. The summed E-state index contributed by atoms with van der Waals surface area (Å²) in [5.41, 5.74) is 4.08. The van der Waals surface area contributed by atoms with Crippen LogP contribution in [-0.2, 0) is 12.8 Å². The summed E-state index contributed by atoms with van der Waals surface area (Å²) in [4.78, 5) is 1.56. The molecule has 1 aliphatic carbocycles. The van der Waals surface area contributed by atoms with Gasteiger partial charge in [0.1, 0.15) is 5.75 Å². The largest absolute Gasteiger partial charge is 0.493 e. The summed E-state index contributed by atoms with van der Waals surface area (Å²) >= 11 is 1.90. The Kier molecular flexibility index (Phi) is 2.73. The first-order valence-corrected chi connectivity index (χ1v) is 7.87. The SMILES string of the molecule is c1cc2c(s1)CCCC2Nc1ccc2c(c1)CCO2. The molecule has 1 aromatic heterocycles. The maximum atomic E-state index is 5.56. The number of aryl methyl sites for hydroxylation is 1. The topological polar surface area (TPSA) is 21.3 Å². The molecule has 3 heteroatoms. The summed E-state index contributed by atoms with van der Waals surface area (Å²) < 4.78 is 5.56. The van der Waals surface area contributed by atoms with Crippen LogP contribution in [-0.4, -0.2) is 6.61 Å². The molecule has 1 atom stereocenters. The number of benzene rings is 1. The predicted octanol–water partition coefficient (Wildman–Crippen LogP) is 4.17. The normalized spacial score (nSPS) is 20.5. The molecule has 2 heterocycles. The lowest BCUT2D eigenvalue weighted by atomic mass is 9.94. The van der Waals surface area contributed by atoms with Crippen molar-refractivity contribution >= 4 is 17.0 Å². The van der Waals surface area contributed by atoms with Gasteiger partial charge < -0.3 is 10.1 Å². The van der Waals surface area contributed by atoms with Gasteiger partial charge in [0.25, 0.3) is 0 Å². The molecule has 0 bridgehead atoms. The van der Waals surface area contributed by atoms with E-state index in [9.17, 15) is 0 Å². The van der Waals surface area contributed by atoms with Gasteiger partial charge in [-0.1, -0.05) is 0 Å². The summed E-state index contributed by atoms with van der Waals surface area (Å²) in [6.45, 7) is 0.830. The highest BCUT2D eigenvalue weighted by Gasteiger charge is 2.21. The van der Waals surface area contributed by atoms with Gasteiger partial charge in [-0.3, -0.25) is 0 Å². The highest BCUT2D eigenvalue weighted by molar-refractivity contribution is 7.10. The van der Waals surface area contributed by atoms with Crippen LogP contribution in [0.25, 0.3) is 0 Å². The third kappa shape index (κ3) is 2.02. The molecule has 1 aromatic carbocycles. The second-order valence-corrected chi connectivity index (χ2v) is 6.31. The Morgan fingerprint density at radius 1 is 1.21 bits per heavy atom. The smallest absolute Gasteiger partial charge is 0.122 e. The van der Waals surface area contributed by atoms with E-state index in [0.717, 1.165) is 18.8 Å². The van der Waals surface area contributed by atoms with Crippen LogP contribution < -0.4 is 10.1 Å². The van der Waals surface area contributed by atoms with Crippen molar-refractivity contribution in [2.45, 2.75) is 31.7 Å². The van der Waals surface area contributed by atoms with E-state index in [2.05, 4.69) is 35.0 Å². The number of fused-ring (bicyclic) bond motifs is 2. The lowest BCUT2D eigenvalue weighted by Crippen LogP contribution is -2.15. The molecule has 19 heavy (non-hydrogen) atoms. The molecule has 0 saturated heterocycles. The van der Waals surface area contributed by atoms with Crippen molar-refractivity contribution in [1.29, 1.82) is 0 Å². The Morgan fingerprint density at radius 2 is 2.21 bits per heavy atom. The molecular weight excluding hydrogens is 254 g/mol. The Morgan fingerprint density at radius 3 is 3.21 bits per heavy atom. The van der Waals surface area contributed by atoms with Gasteiger partial charge >= 0.3 is 0 Å². The molecular formula is C16H17NOS. The van der Waals surface area contributed by atoms with Gasteiger partial charge in [-0.25, -0.2) is 0 Å². The molecule has 2 aliphatic rings. The van der Waals surface area contributed by atoms with Crippen LogP contribution in [0.15, 0.2) is 29.6 Å². The van der Waals surface area contributed by atoms with Gasteiger partial charge in [0.2, 0.25) is 0 Å². The summed E-state index contributed by atoms with van der Waals surface area (Å²) in [6.07, 6.45) is 4.82. The first kappa shape index (κ1) is 11.4. The minimum absolute atomic E-state index is 0.482. The van der Waals surface area contributed by atoms with Crippen LogP contribution >= 0.6 is 11.3 Å². The van der Waals surface area contributed by atoms with Crippen LogP contribution in [0, 0.1) is 0 Å². The lowest BCUT2D eigenvalue weighted by molar-refractivity contribution is 0.357. The van der Waals surface area contributed by atoms with E-state index in [0.29, 0.717) is 6.04 Å². The number of rotatable bonds is 2. The fourth-order valence-electron chi connectivity index (χ4n) is 3.11. The maximum Gasteiger partial charge on any atom is 0.122 e. The van der Waals surface area contributed by atoms with Crippen molar-refractivity contribution in [3.63, 3.8) is 0 Å². The average molecular weight is 271 g/mol. The molecule has 2 nitrogen and oxygen atoms in total. The molecule has 1 N–H and O–H groups in total. The van der Waals surface area contributed by atoms with Gasteiger partial charge in [-0.05, 0) is 60.0 Å². The predicted molar refractivity (Wildman–Crippen MR) is 79.3 cm³/mol. The molecule has 2 aromatic rings. The minimum Gasteiger partial charge on any atom is -0.493 e. The first-order chi connectivity index (χ1) is 9.40. The molecule has 0 fully saturated rings. The summed E-state index contributed by atoms with van der Waals surface area (Å²) in [5, 5.41) is 5.93. The highest BCUT2D eigenvalue weighted by Crippen LogP contribution is 2.36. The molecule has 0 saturated carbocycles. The molecule has 4 rings (SSSR count). The summed E-state index contributed by atoms with van der Waals surface area (Å²) in [7, 11) is 0. The Bertz CT molecular complexity index is 605. The van der Waals surface area contributed by atoms with E-state index in [-0.39, 0.29) is 0 Å². The van der Waals surface area contributed by atoms with Crippen LogP contribution in [0.5, 0.6) is 5.75 Å². The number of hydrogen-bond donors (Lipinski definition) is 1. The maximum absolute atomic E-state index is 5.56. The third-order valence-corrected chi connectivity index (χ3v) is 5.08. The van der Waals surface area contributed by atoms with Crippen molar-refractivity contribution < 1.29 is 4.74 Å². The molecule has 98 valence electrons.